The summed E-state index contributed by atoms with van der Waals surface area (Å²) in [7, 11) is 3.94. The lowest BCUT2D eigenvalue weighted by Crippen LogP contribution is -2.33. The van der Waals surface area contributed by atoms with Crippen LogP contribution in [-0.2, 0) is 4.79 Å². The first-order chi connectivity index (χ1) is 12.9. The summed E-state index contributed by atoms with van der Waals surface area (Å²) in [6.07, 6.45) is 0.747. The van der Waals surface area contributed by atoms with E-state index in [4.69, 9.17) is 0 Å². The predicted octanol–water partition coefficient (Wildman–Crippen LogP) is 4.04. The molecule has 7 heteroatoms. The van der Waals surface area contributed by atoms with Gasteiger partial charge in [-0.15, -0.1) is 11.3 Å². The van der Waals surface area contributed by atoms with Crippen molar-refractivity contribution in [2.45, 2.75) is 12.5 Å². The largest absolute Gasteiger partial charge is 0.503 e. The molecule has 0 unspecified atom stereocenters. The van der Waals surface area contributed by atoms with E-state index in [0.717, 1.165) is 23.0 Å². The van der Waals surface area contributed by atoms with E-state index in [1.54, 1.807) is 17.0 Å². The van der Waals surface area contributed by atoms with E-state index < -0.39 is 17.7 Å². The van der Waals surface area contributed by atoms with Crippen molar-refractivity contribution in [3.8, 4) is 0 Å². The molecule has 0 saturated carbocycles. The van der Waals surface area contributed by atoms with Crippen LogP contribution in [0.4, 0.5) is 0 Å². The summed E-state index contributed by atoms with van der Waals surface area (Å²) in [6, 6.07) is 10.4. The van der Waals surface area contributed by atoms with Crippen LogP contribution in [0, 0.1) is 0 Å². The van der Waals surface area contributed by atoms with Gasteiger partial charge in [0.25, 0.3) is 5.91 Å². The number of thiophene rings is 1. The van der Waals surface area contributed by atoms with Gasteiger partial charge in [0, 0.05) is 11.0 Å². The highest BCUT2D eigenvalue weighted by molar-refractivity contribution is 9.10. The van der Waals surface area contributed by atoms with Gasteiger partial charge in [-0.05, 0) is 56.2 Å². The van der Waals surface area contributed by atoms with Crippen LogP contribution < -0.4 is 0 Å². The molecular formula is C20H21BrN2O3S. The number of hydrogen-bond donors (Lipinski definition) is 1. The molecule has 3 rings (SSSR count). The van der Waals surface area contributed by atoms with E-state index >= 15 is 0 Å². The van der Waals surface area contributed by atoms with E-state index in [1.165, 1.54) is 11.3 Å². The fourth-order valence-corrected chi connectivity index (χ4v) is 4.33. The van der Waals surface area contributed by atoms with Crippen LogP contribution in [-0.4, -0.2) is 53.8 Å². The molecule has 0 spiro atoms. The maximum Gasteiger partial charge on any atom is 0.290 e. The van der Waals surface area contributed by atoms with E-state index in [2.05, 4.69) is 15.9 Å². The van der Waals surface area contributed by atoms with Crippen molar-refractivity contribution in [1.82, 2.24) is 9.80 Å². The van der Waals surface area contributed by atoms with Gasteiger partial charge in [0.1, 0.15) is 0 Å². The van der Waals surface area contributed by atoms with Gasteiger partial charge in [0.15, 0.2) is 5.76 Å². The summed E-state index contributed by atoms with van der Waals surface area (Å²) >= 11 is 4.76. The average molecular weight is 449 g/mol. The minimum atomic E-state index is -0.591. The smallest absolute Gasteiger partial charge is 0.290 e. The minimum absolute atomic E-state index is 0.158. The maximum atomic E-state index is 13.1. The Labute approximate surface area is 171 Å². The molecule has 5 nitrogen and oxygen atoms in total. The Morgan fingerprint density at radius 2 is 2.07 bits per heavy atom. The topological polar surface area (TPSA) is 60.9 Å². The number of Topliss-reactive ketones (excluding diaryl/α,β-unsaturated/α-hetero) is 1. The van der Waals surface area contributed by atoms with Crippen LogP contribution in [0.3, 0.4) is 0 Å². The molecule has 0 fully saturated rings. The highest BCUT2D eigenvalue weighted by Gasteiger charge is 2.43. The van der Waals surface area contributed by atoms with Crippen molar-refractivity contribution in [1.29, 1.82) is 0 Å². The lowest BCUT2D eigenvalue weighted by molar-refractivity contribution is -0.129. The molecule has 1 aliphatic rings. The first kappa shape index (κ1) is 19.8. The summed E-state index contributed by atoms with van der Waals surface area (Å²) in [5.41, 5.74) is 0.955. The standard InChI is InChI=1S/C20H21BrN2O3S/c1-22(2)9-5-10-23-17(13-6-3-7-14(21)12-13)16(19(25)20(23)26)18(24)15-8-4-11-27-15/h3-4,6-8,11-12,17,25H,5,9-10H2,1-2H3/t17-/m1/s1. The van der Waals surface area contributed by atoms with Crippen molar-refractivity contribution in [2.24, 2.45) is 0 Å². The first-order valence-electron chi connectivity index (χ1n) is 8.62. The van der Waals surface area contributed by atoms with Crippen LogP contribution in [0.25, 0.3) is 0 Å². The molecule has 1 N–H and O–H groups in total. The molecular weight excluding hydrogens is 428 g/mol. The number of benzene rings is 1. The third kappa shape index (κ3) is 4.15. The zero-order valence-electron chi connectivity index (χ0n) is 15.2. The van der Waals surface area contributed by atoms with Crippen molar-refractivity contribution < 1.29 is 14.7 Å². The molecule has 1 aliphatic heterocycles. The SMILES string of the molecule is CN(C)CCCN1C(=O)C(O)=C(C(=O)c2cccs2)[C@H]1c1cccc(Br)c1. The molecule has 2 heterocycles. The zero-order valence-corrected chi connectivity index (χ0v) is 17.6. The molecule has 1 atom stereocenters. The second kappa shape index (κ2) is 8.37. The summed E-state index contributed by atoms with van der Waals surface area (Å²) in [5, 5.41) is 12.4. The number of ketones is 1. The average Bonchev–Trinajstić information content (AvgIpc) is 3.24. The molecule has 0 bridgehead atoms. The highest BCUT2D eigenvalue weighted by atomic mass is 79.9. The van der Waals surface area contributed by atoms with Crippen molar-refractivity contribution >= 4 is 39.0 Å². The van der Waals surface area contributed by atoms with Crippen molar-refractivity contribution in [2.75, 3.05) is 27.2 Å². The van der Waals surface area contributed by atoms with Crippen LogP contribution in [0.5, 0.6) is 0 Å². The number of hydrogen-bond acceptors (Lipinski definition) is 5. The van der Waals surface area contributed by atoms with Gasteiger partial charge < -0.3 is 14.9 Å². The molecule has 0 saturated heterocycles. The van der Waals surface area contributed by atoms with E-state index in [1.807, 2.05) is 48.6 Å². The van der Waals surface area contributed by atoms with Gasteiger partial charge in [0.05, 0.1) is 16.5 Å². The fourth-order valence-electron chi connectivity index (χ4n) is 3.24. The monoisotopic (exact) mass is 448 g/mol. The summed E-state index contributed by atoms with van der Waals surface area (Å²) in [6.45, 7) is 1.27. The van der Waals surface area contributed by atoms with Gasteiger partial charge in [-0.3, -0.25) is 9.59 Å². The first-order valence-corrected chi connectivity index (χ1v) is 10.3. The van der Waals surface area contributed by atoms with Crippen molar-refractivity contribution in [3.05, 3.63) is 68.0 Å². The van der Waals surface area contributed by atoms with Crippen LogP contribution in [0.2, 0.25) is 0 Å². The molecule has 0 radical (unpaired) electrons. The summed E-state index contributed by atoms with van der Waals surface area (Å²) in [4.78, 5) is 30.0. The molecule has 0 aliphatic carbocycles. The number of amides is 1. The minimum Gasteiger partial charge on any atom is -0.503 e. The van der Waals surface area contributed by atoms with Crippen LogP contribution >= 0.6 is 27.3 Å². The maximum absolute atomic E-state index is 13.1. The van der Waals surface area contributed by atoms with Gasteiger partial charge >= 0.3 is 0 Å². The van der Waals surface area contributed by atoms with Crippen LogP contribution in [0.1, 0.15) is 27.7 Å². The highest BCUT2D eigenvalue weighted by Crippen LogP contribution is 2.40. The Morgan fingerprint density at radius 1 is 1.30 bits per heavy atom. The quantitative estimate of drug-likeness (QED) is 0.649. The molecule has 2 aromatic rings. The Hall–Kier alpha value is -1.96. The van der Waals surface area contributed by atoms with Gasteiger partial charge in [-0.1, -0.05) is 34.1 Å². The lowest BCUT2D eigenvalue weighted by Gasteiger charge is -2.27. The predicted molar refractivity (Wildman–Crippen MR) is 110 cm³/mol. The second-order valence-electron chi connectivity index (χ2n) is 6.68. The normalized spacial score (nSPS) is 17.3. The Morgan fingerprint density at radius 3 is 2.70 bits per heavy atom. The zero-order chi connectivity index (χ0) is 19.6. The van der Waals surface area contributed by atoms with Crippen LogP contribution in [0.15, 0.2) is 57.6 Å². The number of carbonyl (C=O) groups excluding carboxylic acids is 2. The Bertz CT molecular complexity index is 877. The van der Waals surface area contributed by atoms with Gasteiger partial charge in [-0.2, -0.15) is 0 Å². The number of aliphatic hydroxyl groups is 1. The molecule has 1 amide bonds. The number of rotatable bonds is 7. The number of aliphatic hydroxyl groups excluding tert-OH is 1. The number of carbonyl (C=O) groups is 2. The Balaban J connectivity index is 2.00. The van der Waals surface area contributed by atoms with E-state index in [0.29, 0.717) is 11.4 Å². The second-order valence-corrected chi connectivity index (χ2v) is 8.54. The molecule has 1 aromatic heterocycles. The molecule has 142 valence electrons. The third-order valence-corrected chi connectivity index (χ3v) is 5.82. The van der Waals surface area contributed by atoms with Gasteiger partial charge in [-0.25, -0.2) is 0 Å². The van der Waals surface area contributed by atoms with Crippen molar-refractivity contribution in [3.63, 3.8) is 0 Å². The number of nitrogens with zero attached hydrogens (tertiary/aromatic N) is 2. The summed E-state index contributed by atoms with van der Waals surface area (Å²) < 4.78 is 0.856. The lowest BCUT2D eigenvalue weighted by atomic mass is 9.95. The Kier molecular flexibility index (Phi) is 6.14. The summed E-state index contributed by atoms with van der Waals surface area (Å²) in [5.74, 6) is -1.22. The third-order valence-electron chi connectivity index (χ3n) is 4.46. The fraction of sp³-hybridized carbons (Fsp3) is 0.300. The number of halogens is 1. The molecule has 27 heavy (non-hydrogen) atoms. The molecule has 1 aromatic carbocycles. The van der Waals surface area contributed by atoms with E-state index in [9.17, 15) is 14.7 Å². The van der Waals surface area contributed by atoms with E-state index in [-0.39, 0.29) is 11.4 Å². The van der Waals surface area contributed by atoms with Gasteiger partial charge in [0.2, 0.25) is 5.78 Å².